The summed E-state index contributed by atoms with van der Waals surface area (Å²) in [6.45, 7) is 2.92. The van der Waals surface area contributed by atoms with E-state index in [1.165, 1.54) is 11.3 Å². The number of anilines is 1. The second kappa shape index (κ2) is 5.84. The minimum absolute atomic E-state index is 0.270. The standard InChI is InChI=1S/C14H21N5/c1-11(12-6-5-7-15-8-12)16-9-13-10-17-14(18(2)3)19(13)4/h5-8,10-11,16H,9H2,1-4H3/t11-/m0/s1. The van der Waals surface area contributed by atoms with E-state index < -0.39 is 0 Å². The zero-order chi connectivity index (χ0) is 13.8. The fraction of sp³-hybridized carbons (Fsp3) is 0.429. The number of rotatable bonds is 5. The monoisotopic (exact) mass is 259 g/mol. The number of nitrogens with zero attached hydrogens (tertiary/aromatic N) is 4. The van der Waals surface area contributed by atoms with Crippen molar-refractivity contribution in [1.82, 2.24) is 19.9 Å². The van der Waals surface area contributed by atoms with Gasteiger partial charge in [-0.15, -0.1) is 0 Å². The van der Waals surface area contributed by atoms with Crippen molar-refractivity contribution in [3.8, 4) is 0 Å². The highest BCUT2D eigenvalue weighted by atomic mass is 15.3. The van der Waals surface area contributed by atoms with Gasteiger partial charge in [0.2, 0.25) is 5.95 Å². The first-order valence-corrected chi connectivity index (χ1v) is 6.41. The van der Waals surface area contributed by atoms with Crippen molar-refractivity contribution >= 4 is 5.95 Å². The van der Waals surface area contributed by atoms with Crippen LogP contribution in [-0.4, -0.2) is 28.6 Å². The molecule has 2 rings (SSSR count). The third-order valence-electron chi connectivity index (χ3n) is 3.23. The minimum atomic E-state index is 0.270. The number of nitrogens with one attached hydrogen (secondary N) is 1. The molecule has 5 nitrogen and oxygen atoms in total. The Kier molecular flexibility index (Phi) is 4.16. The minimum Gasteiger partial charge on any atom is -0.348 e. The third-order valence-corrected chi connectivity index (χ3v) is 3.23. The quantitative estimate of drug-likeness (QED) is 0.888. The van der Waals surface area contributed by atoms with Gasteiger partial charge < -0.3 is 14.8 Å². The van der Waals surface area contributed by atoms with E-state index in [-0.39, 0.29) is 6.04 Å². The number of pyridine rings is 1. The van der Waals surface area contributed by atoms with Crippen LogP contribution < -0.4 is 10.2 Å². The van der Waals surface area contributed by atoms with E-state index in [2.05, 4.69) is 32.8 Å². The van der Waals surface area contributed by atoms with Crippen LogP contribution in [0.15, 0.2) is 30.7 Å². The Morgan fingerprint density at radius 2 is 2.16 bits per heavy atom. The molecular weight excluding hydrogens is 238 g/mol. The van der Waals surface area contributed by atoms with Crippen LogP contribution in [0.4, 0.5) is 5.95 Å². The van der Waals surface area contributed by atoms with Gasteiger partial charge in [-0.1, -0.05) is 6.07 Å². The summed E-state index contributed by atoms with van der Waals surface area (Å²) in [6, 6.07) is 4.31. The van der Waals surface area contributed by atoms with Gasteiger partial charge in [0.1, 0.15) is 0 Å². The molecule has 0 amide bonds. The molecule has 0 saturated heterocycles. The Balaban J connectivity index is 1.99. The van der Waals surface area contributed by atoms with Gasteiger partial charge in [-0.25, -0.2) is 4.98 Å². The smallest absolute Gasteiger partial charge is 0.204 e. The normalized spacial score (nSPS) is 12.4. The first-order chi connectivity index (χ1) is 9.09. The lowest BCUT2D eigenvalue weighted by Crippen LogP contribution is -2.21. The molecule has 0 aromatic carbocycles. The molecule has 1 atom stereocenters. The molecule has 102 valence electrons. The summed E-state index contributed by atoms with van der Waals surface area (Å²) in [6.07, 6.45) is 5.60. The molecule has 0 aliphatic carbocycles. The van der Waals surface area contributed by atoms with E-state index in [0.29, 0.717) is 0 Å². The summed E-state index contributed by atoms with van der Waals surface area (Å²) < 4.78 is 2.10. The Morgan fingerprint density at radius 3 is 2.74 bits per heavy atom. The van der Waals surface area contributed by atoms with Crippen LogP contribution in [0, 0.1) is 0 Å². The fourth-order valence-corrected chi connectivity index (χ4v) is 2.02. The number of hydrogen-bond donors (Lipinski definition) is 1. The van der Waals surface area contributed by atoms with E-state index in [1.54, 1.807) is 6.20 Å². The Hall–Kier alpha value is -1.88. The summed E-state index contributed by atoms with van der Waals surface area (Å²) >= 11 is 0. The average molecular weight is 259 g/mol. The van der Waals surface area contributed by atoms with Crippen molar-refractivity contribution in [1.29, 1.82) is 0 Å². The first kappa shape index (κ1) is 13.5. The summed E-state index contributed by atoms with van der Waals surface area (Å²) in [4.78, 5) is 10.6. The summed E-state index contributed by atoms with van der Waals surface area (Å²) in [5.41, 5.74) is 2.36. The molecule has 0 radical (unpaired) electrons. The molecule has 2 aromatic rings. The highest BCUT2D eigenvalue weighted by Crippen LogP contribution is 2.14. The van der Waals surface area contributed by atoms with E-state index in [9.17, 15) is 0 Å². The van der Waals surface area contributed by atoms with Crippen LogP contribution in [0.3, 0.4) is 0 Å². The second-order valence-corrected chi connectivity index (χ2v) is 4.89. The first-order valence-electron chi connectivity index (χ1n) is 6.41. The predicted molar refractivity (Wildman–Crippen MR) is 77.0 cm³/mol. The van der Waals surface area contributed by atoms with Gasteiger partial charge in [0.25, 0.3) is 0 Å². The van der Waals surface area contributed by atoms with Crippen molar-refractivity contribution in [3.63, 3.8) is 0 Å². The van der Waals surface area contributed by atoms with Crippen LogP contribution in [0.2, 0.25) is 0 Å². The van der Waals surface area contributed by atoms with Gasteiger partial charge in [0, 0.05) is 46.1 Å². The van der Waals surface area contributed by atoms with Crippen LogP contribution in [0.1, 0.15) is 24.2 Å². The van der Waals surface area contributed by atoms with Gasteiger partial charge in [-0.2, -0.15) is 0 Å². The number of imidazole rings is 1. The van der Waals surface area contributed by atoms with Crippen molar-refractivity contribution in [2.24, 2.45) is 7.05 Å². The third kappa shape index (κ3) is 3.12. The molecule has 0 aliphatic rings. The Morgan fingerprint density at radius 1 is 1.37 bits per heavy atom. The van der Waals surface area contributed by atoms with Crippen LogP contribution in [0.5, 0.6) is 0 Å². The van der Waals surface area contributed by atoms with E-state index in [0.717, 1.165) is 12.5 Å². The number of aromatic nitrogens is 3. The maximum atomic E-state index is 4.40. The van der Waals surface area contributed by atoms with Gasteiger partial charge in [0.05, 0.1) is 11.9 Å². The molecule has 5 heteroatoms. The maximum absolute atomic E-state index is 4.40. The van der Waals surface area contributed by atoms with Gasteiger partial charge in [-0.05, 0) is 18.6 Å². The molecule has 0 fully saturated rings. The molecule has 2 heterocycles. The van der Waals surface area contributed by atoms with Gasteiger partial charge >= 0.3 is 0 Å². The lowest BCUT2D eigenvalue weighted by molar-refractivity contribution is 0.556. The van der Waals surface area contributed by atoms with E-state index in [1.807, 2.05) is 44.5 Å². The van der Waals surface area contributed by atoms with Crippen LogP contribution in [0.25, 0.3) is 0 Å². The van der Waals surface area contributed by atoms with Crippen LogP contribution >= 0.6 is 0 Å². The maximum Gasteiger partial charge on any atom is 0.204 e. The zero-order valence-corrected chi connectivity index (χ0v) is 12.0. The lowest BCUT2D eigenvalue weighted by Gasteiger charge is -2.15. The molecule has 19 heavy (non-hydrogen) atoms. The van der Waals surface area contributed by atoms with Crippen molar-refractivity contribution in [2.75, 3.05) is 19.0 Å². The topological polar surface area (TPSA) is 46.0 Å². The second-order valence-electron chi connectivity index (χ2n) is 4.89. The molecule has 0 spiro atoms. The molecule has 1 N–H and O–H groups in total. The SMILES string of the molecule is C[C@H](NCc1cnc(N(C)C)n1C)c1cccnc1. The average Bonchev–Trinajstić information content (AvgIpc) is 2.78. The van der Waals surface area contributed by atoms with E-state index in [4.69, 9.17) is 0 Å². The highest BCUT2D eigenvalue weighted by molar-refractivity contribution is 5.31. The van der Waals surface area contributed by atoms with E-state index >= 15 is 0 Å². The Bertz CT molecular complexity index is 518. The molecule has 2 aromatic heterocycles. The molecule has 0 aliphatic heterocycles. The fourth-order valence-electron chi connectivity index (χ4n) is 2.02. The van der Waals surface area contributed by atoms with Crippen LogP contribution in [-0.2, 0) is 13.6 Å². The zero-order valence-electron chi connectivity index (χ0n) is 12.0. The molecule has 0 bridgehead atoms. The molecular formula is C14H21N5. The summed E-state index contributed by atoms with van der Waals surface area (Å²) in [7, 11) is 6.03. The van der Waals surface area contributed by atoms with Crippen molar-refractivity contribution in [2.45, 2.75) is 19.5 Å². The molecule has 0 saturated carbocycles. The number of hydrogen-bond acceptors (Lipinski definition) is 4. The van der Waals surface area contributed by atoms with Crippen molar-refractivity contribution < 1.29 is 0 Å². The largest absolute Gasteiger partial charge is 0.348 e. The van der Waals surface area contributed by atoms with Gasteiger partial charge in [0.15, 0.2) is 0 Å². The summed E-state index contributed by atoms with van der Waals surface area (Å²) in [5.74, 6) is 0.964. The Labute approximate surface area is 114 Å². The predicted octanol–water partition coefficient (Wildman–Crippen LogP) is 1.73. The molecule has 0 unspecified atom stereocenters. The summed E-state index contributed by atoms with van der Waals surface area (Å²) in [5, 5.41) is 3.49. The lowest BCUT2D eigenvalue weighted by atomic mass is 10.1. The highest BCUT2D eigenvalue weighted by Gasteiger charge is 2.10. The van der Waals surface area contributed by atoms with Gasteiger partial charge in [-0.3, -0.25) is 4.98 Å². The van der Waals surface area contributed by atoms with Crippen molar-refractivity contribution in [3.05, 3.63) is 42.0 Å².